The molecule has 0 aromatic carbocycles. The Labute approximate surface area is 97.7 Å². The fourth-order valence-corrected chi connectivity index (χ4v) is 3.04. The van der Waals surface area contributed by atoms with Crippen LogP contribution in [0.3, 0.4) is 0 Å². The second kappa shape index (κ2) is 4.17. The lowest BCUT2D eigenvalue weighted by Crippen LogP contribution is -2.47. The van der Waals surface area contributed by atoms with Gasteiger partial charge in [0, 0.05) is 17.9 Å². The lowest BCUT2D eigenvalue weighted by molar-refractivity contribution is 0.107. The average molecular weight is 216 g/mol. The first-order chi connectivity index (χ1) is 7.88. The molecule has 1 aliphatic heterocycles. The molecule has 0 spiro atoms. The first-order valence-corrected chi connectivity index (χ1v) is 6.58. The summed E-state index contributed by atoms with van der Waals surface area (Å²) in [5.41, 5.74) is 4.46. The number of likely N-dealkylation sites (tertiary alicyclic amines) is 1. The molecule has 0 radical (unpaired) electrons. The van der Waals surface area contributed by atoms with Gasteiger partial charge in [-0.15, -0.1) is 0 Å². The summed E-state index contributed by atoms with van der Waals surface area (Å²) >= 11 is 0. The van der Waals surface area contributed by atoms with Crippen molar-refractivity contribution >= 4 is 0 Å². The van der Waals surface area contributed by atoms with Crippen molar-refractivity contribution in [2.75, 3.05) is 13.1 Å². The molecule has 1 atom stereocenters. The Balaban J connectivity index is 1.85. The molecule has 3 rings (SSSR count). The molecule has 1 aromatic rings. The van der Waals surface area contributed by atoms with Gasteiger partial charge in [-0.25, -0.2) is 0 Å². The van der Waals surface area contributed by atoms with Crippen molar-refractivity contribution in [3.63, 3.8) is 0 Å². The van der Waals surface area contributed by atoms with Crippen LogP contribution in [0.2, 0.25) is 0 Å². The van der Waals surface area contributed by atoms with Crippen molar-refractivity contribution in [1.82, 2.24) is 9.88 Å². The van der Waals surface area contributed by atoms with E-state index in [-0.39, 0.29) is 0 Å². The van der Waals surface area contributed by atoms with Gasteiger partial charge in [0.1, 0.15) is 0 Å². The maximum Gasteiger partial charge on any atom is 0.0439 e. The van der Waals surface area contributed by atoms with Gasteiger partial charge < -0.3 is 0 Å². The first-order valence-electron chi connectivity index (χ1n) is 6.58. The normalized spacial score (nSPS) is 24.9. The van der Waals surface area contributed by atoms with Crippen molar-refractivity contribution in [2.24, 2.45) is 0 Å². The molecule has 86 valence electrons. The van der Waals surface area contributed by atoms with Crippen LogP contribution in [0.15, 0.2) is 12.3 Å². The van der Waals surface area contributed by atoms with Crippen LogP contribution < -0.4 is 0 Å². The SMILES string of the molecule is CCc1ccnc2c1CC(N1CCC1)CC2. The van der Waals surface area contributed by atoms with E-state index in [9.17, 15) is 0 Å². The van der Waals surface area contributed by atoms with E-state index in [0.717, 1.165) is 12.5 Å². The zero-order valence-corrected chi connectivity index (χ0v) is 10.1. The fraction of sp³-hybridized carbons (Fsp3) is 0.643. The van der Waals surface area contributed by atoms with Gasteiger partial charge in [-0.05, 0) is 62.4 Å². The number of hydrogen-bond acceptors (Lipinski definition) is 2. The van der Waals surface area contributed by atoms with Gasteiger partial charge in [0.15, 0.2) is 0 Å². The van der Waals surface area contributed by atoms with Crippen molar-refractivity contribution in [1.29, 1.82) is 0 Å². The highest BCUT2D eigenvalue weighted by Gasteiger charge is 2.28. The van der Waals surface area contributed by atoms with Gasteiger partial charge in [0.2, 0.25) is 0 Å². The van der Waals surface area contributed by atoms with E-state index in [1.165, 1.54) is 50.0 Å². The monoisotopic (exact) mass is 216 g/mol. The number of fused-ring (bicyclic) bond motifs is 1. The third-order valence-electron chi connectivity index (χ3n) is 4.18. The number of nitrogens with zero attached hydrogens (tertiary/aromatic N) is 2. The Morgan fingerprint density at radius 3 is 3.00 bits per heavy atom. The molecule has 2 heterocycles. The summed E-state index contributed by atoms with van der Waals surface area (Å²) in [6.45, 7) is 4.90. The molecule has 2 aliphatic rings. The van der Waals surface area contributed by atoms with E-state index < -0.39 is 0 Å². The van der Waals surface area contributed by atoms with Crippen LogP contribution >= 0.6 is 0 Å². The minimum Gasteiger partial charge on any atom is -0.300 e. The molecular weight excluding hydrogens is 196 g/mol. The van der Waals surface area contributed by atoms with Gasteiger partial charge in [-0.1, -0.05) is 6.92 Å². The maximum absolute atomic E-state index is 4.55. The summed E-state index contributed by atoms with van der Waals surface area (Å²) in [5, 5.41) is 0. The third kappa shape index (κ3) is 1.65. The van der Waals surface area contributed by atoms with Crippen LogP contribution in [0.4, 0.5) is 0 Å². The summed E-state index contributed by atoms with van der Waals surface area (Å²) in [7, 11) is 0. The van der Waals surface area contributed by atoms with E-state index in [1.807, 2.05) is 6.20 Å². The molecule has 1 fully saturated rings. The summed E-state index contributed by atoms with van der Waals surface area (Å²) in [6, 6.07) is 3.01. The van der Waals surface area contributed by atoms with Gasteiger partial charge in [0.05, 0.1) is 0 Å². The van der Waals surface area contributed by atoms with Crippen LogP contribution in [-0.4, -0.2) is 29.0 Å². The number of rotatable bonds is 2. The molecule has 0 N–H and O–H groups in total. The largest absolute Gasteiger partial charge is 0.300 e. The zero-order valence-electron chi connectivity index (χ0n) is 10.1. The Hall–Kier alpha value is -0.890. The molecule has 0 bridgehead atoms. The highest BCUT2D eigenvalue weighted by Crippen LogP contribution is 2.28. The second-order valence-electron chi connectivity index (χ2n) is 5.04. The van der Waals surface area contributed by atoms with E-state index in [2.05, 4.69) is 22.9 Å². The first kappa shape index (κ1) is 10.3. The maximum atomic E-state index is 4.55. The second-order valence-corrected chi connectivity index (χ2v) is 5.04. The number of pyridine rings is 1. The predicted octanol–water partition coefficient (Wildman–Crippen LogP) is 2.21. The summed E-state index contributed by atoms with van der Waals surface area (Å²) in [4.78, 5) is 7.20. The topological polar surface area (TPSA) is 16.1 Å². The lowest BCUT2D eigenvalue weighted by Gasteiger charge is -2.41. The smallest absolute Gasteiger partial charge is 0.0439 e. The molecule has 1 unspecified atom stereocenters. The predicted molar refractivity (Wildman–Crippen MR) is 65.6 cm³/mol. The standard InChI is InChI=1S/C14H20N2/c1-2-11-6-7-15-14-5-4-12(10-13(11)14)16-8-3-9-16/h6-7,12H,2-5,8-10H2,1H3. The van der Waals surface area contributed by atoms with Crippen molar-refractivity contribution in [3.05, 3.63) is 29.1 Å². The van der Waals surface area contributed by atoms with Crippen LogP contribution in [0.5, 0.6) is 0 Å². The number of aromatic nitrogens is 1. The Morgan fingerprint density at radius 1 is 1.44 bits per heavy atom. The van der Waals surface area contributed by atoms with Crippen molar-refractivity contribution < 1.29 is 0 Å². The molecule has 1 saturated heterocycles. The molecular formula is C14H20N2. The van der Waals surface area contributed by atoms with Crippen LogP contribution in [0, 0.1) is 0 Å². The van der Waals surface area contributed by atoms with Gasteiger partial charge in [-0.3, -0.25) is 9.88 Å². The fourth-order valence-electron chi connectivity index (χ4n) is 3.04. The molecule has 2 heteroatoms. The Bertz CT molecular complexity index is 368. The number of hydrogen-bond donors (Lipinski definition) is 0. The molecule has 2 nitrogen and oxygen atoms in total. The highest BCUT2D eigenvalue weighted by molar-refractivity contribution is 5.33. The van der Waals surface area contributed by atoms with Crippen molar-refractivity contribution in [2.45, 2.75) is 45.1 Å². The van der Waals surface area contributed by atoms with Crippen LogP contribution in [0.1, 0.15) is 36.6 Å². The summed E-state index contributed by atoms with van der Waals surface area (Å²) < 4.78 is 0. The van der Waals surface area contributed by atoms with E-state index in [0.29, 0.717) is 0 Å². The summed E-state index contributed by atoms with van der Waals surface area (Å²) in [5.74, 6) is 0. The Kier molecular flexibility index (Phi) is 2.68. The quantitative estimate of drug-likeness (QED) is 0.753. The minimum absolute atomic E-state index is 0.802. The molecule has 16 heavy (non-hydrogen) atoms. The van der Waals surface area contributed by atoms with E-state index in [4.69, 9.17) is 0 Å². The van der Waals surface area contributed by atoms with Gasteiger partial charge >= 0.3 is 0 Å². The van der Waals surface area contributed by atoms with E-state index >= 15 is 0 Å². The Morgan fingerprint density at radius 2 is 2.31 bits per heavy atom. The zero-order chi connectivity index (χ0) is 11.0. The summed E-state index contributed by atoms with van der Waals surface area (Å²) in [6.07, 6.45) is 8.28. The lowest BCUT2D eigenvalue weighted by atomic mass is 9.86. The molecule has 1 aromatic heterocycles. The molecule has 0 saturated carbocycles. The molecule has 1 aliphatic carbocycles. The molecule has 0 amide bonds. The number of aryl methyl sites for hydroxylation is 2. The van der Waals surface area contributed by atoms with Gasteiger partial charge in [0.25, 0.3) is 0 Å². The van der Waals surface area contributed by atoms with E-state index in [1.54, 1.807) is 5.56 Å². The highest BCUT2D eigenvalue weighted by atomic mass is 15.2. The van der Waals surface area contributed by atoms with Crippen LogP contribution in [0.25, 0.3) is 0 Å². The average Bonchev–Trinajstić information content (AvgIpc) is 2.26. The van der Waals surface area contributed by atoms with Crippen molar-refractivity contribution in [3.8, 4) is 0 Å². The van der Waals surface area contributed by atoms with Crippen LogP contribution in [-0.2, 0) is 19.3 Å². The minimum atomic E-state index is 0.802. The third-order valence-corrected chi connectivity index (χ3v) is 4.18. The van der Waals surface area contributed by atoms with Gasteiger partial charge in [-0.2, -0.15) is 0 Å².